The number of hydrogen-bond donors (Lipinski definition) is 2. The van der Waals surface area contributed by atoms with Crippen molar-refractivity contribution in [2.45, 2.75) is 25.1 Å². The van der Waals surface area contributed by atoms with Crippen LogP contribution in [0.1, 0.15) is 18.1 Å². The smallest absolute Gasteiger partial charge is 0.388 e. The van der Waals surface area contributed by atoms with E-state index in [2.05, 4.69) is 5.32 Å². The zero-order chi connectivity index (χ0) is 12.0. The molecule has 0 aliphatic carbocycles. The number of anilines is 1. The number of alkyl halides is 3. The molecule has 16 heavy (non-hydrogen) atoms. The molecule has 1 heterocycles. The SMILES string of the molecule is CC1(O)CNc2c(cccc2C(F)(F)F)C1. The average molecular weight is 231 g/mol. The minimum atomic E-state index is -4.36. The second-order valence-corrected chi connectivity index (χ2v) is 4.36. The van der Waals surface area contributed by atoms with Crippen LogP contribution < -0.4 is 5.32 Å². The van der Waals surface area contributed by atoms with E-state index in [4.69, 9.17) is 0 Å². The van der Waals surface area contributed by atoms with Crippen LogP contribution in [0.3, 0.4) is 0 Å². The maximum atomic E-state index is 12.7. The molecule has 2 nitrogen and oxygen atoms in total. The Kier molecular flexibility index (Phi) is 2.38. The van der Waals surface area contributed by atoms with Gasteiger partial charge in [-0.15, -0.1) is 0 Å². The molecule has 1 unspecified atom stereocenters. The molecular formula is C11H12F3NO. The summed E-state index contributed by atoms with van der Waals surface area (Å²) < 4.78 is 38.0. The third-order valence-electron chi connectivity index (χ3n) is 2.67. The van der Waals surface area contributed by atoms with Crippen LogP contribution in [0.4, 0.5) is 18.9 Å². The minimum absolute atomic E-state index is 0.0986. The van der Waals surface area contributed by atoms with E-state index in [1.54, 1.807) is 13.0 Å². The highest BCUT2D eigenvalue weighted by Crippen LogP contribution is 2.39. The topological polar surface area (TPSA) is 32.3 Å². The fourth-order valence-corrected chi connectivity index (χ4v) is 1.94. The summed E-state index contributed by atoms with van der Waals surface area (Å²) in [6, 6.07) is 4.02. The molecular weight excluding hydrogens is 219 g/mol. The van der Waals surface area contributed by atoms with Crippen molar-refractivity contribution >= 4 is 5.69 Å². The monoisotopic (exact) mass is 231 g/mol. The summed E-state index contributed by atoms with van der Waals surface area (Å²) >= 11 is 0. The van der Waals surface area contributed by atoms with Crippen molar-refractivity contribution in [2.24, 2.45) is 0 Å². The number of aliphatic hydroxyl groups is 1. The molecule has 0 aromatic heterocycles. The average Bonchev–Trinajstić information content (AvgIpc) is 2.13. The second kappa shape index (κ2) is 3.38. The Balaban J connectivity index is 2.47. The summed E-state index contributed by atoms with van der Waals surface area (Å²) in [5.74, 6) is 0. The first-order chi connectivity index (χ1) is 7.30. The molecule has 0 amide bonds. The Morgan fingerprint density at radius 3 is 2.69 bits per heavy atom. The minimum Gasteiger partial charge on any atom is -0.388 e. The normalized spacial score (nSPS) is 24.8. The van der Waals surface area contributed by atoms with Gasteiger partial charge in [0.15, 0.2) is 0 Å². The van der Waals surface area contributed by atoms with Crippen molar-refractivity contribution in [2.75, 3.05) is 11.9 Å². The number of halogens is 3. The van der Waals surface area contributed by atoms with Crippen LogP contribution >= 0.6 is 0 Å². The van der Waals surface area contributed by atoms with Gasteiger partial charge in [-0.1, -0.05) is 12.1 Å². The Hall–Kier alpha value is -1.23. The maximum absolute atomic E-state index is 12.7. The predicted molar refractivity (Wildman–Crippen MR) is 54.3 cm³/mol. The summed E-state index contributed by atoms with van der Waals surface area (Å²) in [4.78, 5) is 0. The molecule has 1 aromatic carbocycles. The molecule has 88 valence electrons. The van der Waals surface area contributed by atoms with Crippen molar-refractivity contribution < 1.29 is 18.3 Å². The van der Waals surface area contributed by atoms with Crippen molar-refractivity contribution in [3.63, 3.8) is 0 Å². The maximum Gasteiger partial charge on any atom is 0.418 e. The lowest BCUT2D eigenvalue weighted by Gasteiger charge is -2.32. The highest BCUT2D eigenvalue weighted by molar-refractivity contribution is 5.61. The molecule has 2 N–H and O–H groups in total. The Morgan fingerprint density at radius 1 is 1.38 bits per heavy atom. The van der Waals surface area contributed by atoms with Crippen LogP contribution in [0.5, 0.6) is 0 Å². The first-order valence-corrected chi connectivity index (χ1v) is 4.95. The summed E-state index contributed by atoms with van der Waals surface area (Å²) in [7, 11) is 0. The van der Waals surface area contributed by atoms with Gasteiger partial charge in [-0.3, -0.25) is 0 Å². The van der Waals surface area contributed by atoms with Crippen LogP contribution in [-0.2, 0) is 12.6 Å². The predicted octanol–water partition coefficient (Wildman–Crippen LogP) is 2.42. The first-order valence-electron chi connectivity index (χ1n) is 4.95. The molecule has 0 spiro atoms. The molecule has 0 bridgehead atoms. The lowest BCUT2D eigenvalue weighted by molar-refractivity contribution is -0.137. The van der Waals surface area contributed by atoms with Crippen LogP contribution in [-0.4, -0.2) is 17.3 Å². The van der Waals surface area contributed by atoms with E-state index in [1.165, 1.54) is 6.07 Å². The van der Waals surface area contributed by atoms with Crippen molar-refractivity contribution in [3.05, 3.63) is 29.3 Å². The largest absolute Gasteiger partial charge is 0.418 e. The zero-order valence-corrected chi connectivity index (χ0v) is 8.73. The molecule has 0 saturated carbocycles. The van der Waals surface area contributed by atoms with Gasteiger partial charge in [0.1, 0.15) is 0 Å². The fraction of sp³-hybridized carbons (Fsp3) is 0.455. The van der Waals surface area contributed by atoms with Gasteiger partial charge < -0.3 is 10.4 Å². The van der Waals surface area contributed by atoms with Crippen molar-refractivity contribution in [3.8, 4) is 0 Å². The van der Waals surface area contributed by atoms with E-state index in [0.717, 1.165) is 6.07 Å². The molecule has 5 heteroatoms. The van der Waals surface area contributed by atoms with Gasteiger partial charge >= 0.3 is 6.18 Å². The van der Waals surface area contributed by atoms with Crippen LogP contribution in [0.2, 0.25) is 0 Å². The molecule has 2 rings (SSSR count). The lowest BCUT2D eigenvalue weighted by atomic mass is 9.89. The summed E-state index contributed by atoms with van der Waals surface area (Å²) in [6.45, 7) is 1.73. The van der Waals surface area contributed by atoms with Crippen molar-refractivity contribution in [1.82, 2.24) is 0 Å². The molecule has 1 aliphatic heterocycles. The summed E-state index contributed by atoms with van der Waals surface area (Å²) in [5, 5.41) is 12.4. The quantitative estimate of drug-likeness (QED) is 0.718. The number of rotatable bonds is 0. The number of hydrogen-bond acceptors (Lipinski definition) is 2. The molecule has 0 saturated heterocycles. The third-order valence-corrected chi connectivity index (χ3v) is 2.67. The highest BCUT2D eigenvalue weighted by Gasteiger charge is 2.37. The molecule has 1 aliphatic rings. The highest BCUT2D eigenvalue weighted by atomic mass is 19.4. The summed E-state index contributed by atoms with van der Waals surface area (Å²) in [5.41, 5.74) is -1.05. The van der Waals surface area contributed by atoms with Crippen LogP contribution in [0.15, 0.2) is 18.2 Å². The van der Waals surface area contributed by atoms with E-state index >= 15 is 0 Å². The van der Waals surface area contributed by atoms with Gasteiger partial charge in [0.05, 0.1) is 11.2 Å². The van der Waals surface area contributed by atoms with Crippen molar-refractivity contribution in [1.29, 1.82) is 0 Å². The van der Waals surface area contributed by atoms with E-state index < -0.39 is 17.3 Å². The standard InChI is InChI=1S/C11H12F3NO/c1-10(16)5-7-3-2-4-8(11(12,13)14)9(7)15-6-10/h2-4,15-16H,5-6H2,1H3. The van der Waals surface area contributed by atoms with Gasteiger partial charge in [-0.2, -0.15) is 13.2 Å². The van der Waals surface area contributed by atoms with E-state index in [1.807, 2.05) is 0 Å². The Labute approximate surface area is 91.1 Å². The van der Waals surface area contributed by atoms with Gasteiger partial charge in [-0.05, 0) is 18.6 Å². The molecule has 0 radical (unpaired) electrons. The zero-order valence-electron chi connectivity index (χ0n) is 8.73. The summed E-state index contributed by atoms with van der Waals surface area (Å²) in [6.07, 6.45) is -4.12. The van der Waals surface area contributed by atoms with Crippen LogP contribution in [0.25, 0.3) is 0 Å². The lowest BCUT2D eigenvalue weighted by Crippen LogP contribution is -2.40. The van der Waals surface area contributed by atoms with Gasteiger partial charge in [0, 0.05) is 18.7 Å². The number of β-amino-alcohol motifs (C(OH)–C–C–N with tert-alkyl or cyclic N) is 1. The molecule has 1 atom stereocenters. The number of para-hydroxylation sites is 1. The first kappa shape index (κ1) is 11.3. The van der Waals surface area contributed by atoms with Gasteiger partial charge in [-0.25, -0.2) is 0 Å². The van der Waals surface area contributed by atoms with Gasteiger partial charge in [0.25, 0.3) is 0 Å². The van der Waals surface area contributed by atoms with E-state index in [0.29, 0.717) is 5.56 Å². The van der Waals surface area contributed by atoms with E-state index in [-0.39, 0.29) is 18.7 Å². The third kappa shape index (κ3) is 2.00. The van der Waals surface area contributed by atoms with Gasteiger partial charge in [0.2, 0.25) is 0 Å². The molecule has 1 aromatic rings. The fourth-order valence-electron chi connectivity index (χ4n) is 1.94. The van der Waals surface area contributed by atoms with Crippen LogP contribution in [0, 0.1) is 0 Å². The second-order valence-electron chi connectivity index (χ2n) is 4.36. The Morgan fingerprint density at radius 2 is 2.06 bits per heavy atom. The molecule has 0 fully saturated rings. The number of benzene rings is 1. The number of nitrogens with one attached hydrogen (secondary N) is 1. The van der Waals surface area contributed by atoms with E-state index in [9.17, 15) is 18.3 Å². The Bertz CT molecular complexity index is 412. The number of fused-ring (bicyclic) bond motifs is 1.